The van der Waals surface area contributed by atoms with Gasteiger partial charge in [0.1, 0.15) is 0 Å². The summed E-state index contributed by atoms with van der Waals surface area (Å²) in [5.74, 6) is 0.862. The monoisotopic (exact) mass is 222 g/mol. The van der Waals surface area contributed by atoms with E-state index in [-0.39, 0.29) is 11.8 Å². The zero-order valence-corrected chi connectivity index (χ0v) is 8.83. The Labute approximate surface area is 93.4 Å². The van der Waals surface area contributed by atoms with Crippen molar-refractivity contribution >= 4 is 5.69 Å². The summed E-state index contributed by atoms with van der Waals surface area (Å²) < 4.78 is 5.58. The second-order valence-corrected chi connectivity index (χ2v) is 4.04. The van der Waals surface area contributed by atoms with E-state index >= 15 is 0 Å². The molecule has 0 saturated heterocycles. The molecule has 5 nitrogen and oxygen atoms in total. The van der Waals surface area contributed by atoms with E-state index in [4.69, 9.17) is 10.5 Å². The van der Waals surface area contributed by atoms with Crippen molar-refractivity contribution in [2.24, 2.45) is 11.7 Å². The molecule has 86 valence electrons. The largest absolute Gasteiger partial charge is 0.483 e. The van der Waals surface area contributed by atoms with Gasteiger partial charge in [-0.15, -0.1) is 0 Å². The van der Waals surface area contributed by atoms with Crippen molar-refractivity contribution in [3.8, 4) is 5.75 Å². The number of nitrogens with zero attached hydrogens (tertiary/aromatic N) is 1. The second-order valence-electron chi connectivity index (χ2n) is 4.04. The van der Waals surface area contributed by atoms with Crippen molar-refractivity contribution in [2.45, 2.75) is 18.9 Å². The average Bonchev–Trinajstić information content (AvgIpc) is 2.23. The maximum atomic E-state index is 10.7. The van der Waals surface area contributed by atoms with Crippen LogP contribution in [0.3, 0.4) is 0 Å². The van der Waals surface area contributed by atoms with Gasteiger partial charge in [0.25, 0.3) is 0 Å². The number of hydrogen-bond acceptors (Lipinski definition) is 4. The van der Waals surface area contributed by atoms with Crippen LogP contribution in [0.25, 0.3) is 0 Å². The van der Waals surface area contributed by atoms with Gasteiger partial charge in [-0.2, -0.15) is 0 Å². The standard InChI is InChI=1S/C11H14N2O3/c12-7-8-5-9(6-8)16-11-4-2-1-3-10(11)13(14)15/h1-4,8-9H,5-7,12H2. The van der Waals surface area contributed by atoms with Gasteiger partial charge in [-0.1, -0.05) is 12.1 Å². The van der Waals surface area contributed by atoms with E-state index in [1.165, 1.54) is 6.07 Å². The van der Waals surface area contributed by atoms with E-state index in [2.05, 4.69) is 0 Å². The maximum Gasteiger partial charge on any atom is 0.310 e. The quantitative estimate of drug-likeness (QED) is 0.621. The molecule has 0 atom stereocenters. The van der Waals surface area contributed by atoms with E-state index in [1.807, 2.05) is 0 Å². The Hall–Kier alpha value is -1.62. The number of hydrogen-bond donors (Lipinski definition) is 1. The first-order valence-corrected chi connectivity index (χ1v) is 5.31. The summed E-state index contributed by atoms with van der Waals surface area (Å²) in [5.41, 5.74) is 5.53. The van der Waals surface area contributed by atoms with Crippen LogP contribution in [0.4, 0.5) is 5.69 Å². The maximum absolute atomic E-state index is 10.7. The Balaban J connectivity index is 2.02. The van der Waals surface area contributed by atoms with Crippen LogP contribution in [0.5, 0.6) is 5.75 Å². The lowest BCUT2D eigenvalue weighted by Gasteiger charge is -2.34. The second kappa shape index (κ2) is 4.49. The Morgan fingerprint density at radius 1 is 1.44 bits per heavy atom. The lowest BCUT2D eigenvalue weighted by atomic mass is 9.82. The average molecular weight is 222 g/mol. The predicted molar refractivity (Wildman–Crippen MR) is 59.3 cm³/mol. The minimum absolute atomic E-state index is 0.0266. The molecule has 0 aromatic heterocycles. The molecule has 1 aliphatic carbocycles. The van der Waals surface area contributed by atoms with Crippen molar-refractivity contribution in [2.75, 3.05) is 6.54 Å². The normalized spacial score (nSPS) is 23.6. The highest BCUT2D eigenvalue weighted by Crippen LogP contribution is 2.34. The number of nitro groups is 1. The third-order valence-corrected chi connectivity index (χ3v) is 2.88. The highest BCUT2D eigenvalue weighted by Gasteiger charge is 2.31. The van der Waals surface area contributed by atoms with Gasteiger partial charge in [0, 0.05) is 6.07 Å². The minimum atomic E-state index is -0.422. The molecular weight excluding hydrogens is 208 g/mol. The molecule has 1 saturated carbocycles. The van der Waals surface area contributed by atoms with Crippen LogP contribution >= 0.6 is 0 Å². The third kappa shape index (κ3) is 2.14. The minimum Gasteiger partial charge on any atom is -0.483 e. The number of nitrogens with two attached hydrogens (primary N) is 1. The molecule has 1 aliphatic rings. The third-order valence-electron chi connectivity index (χ3n) is 2.88. The van der Waals surface area contributed by atoms with Crippen molar-refractivity contribution in [1.29, 1.82) is 0 Å². The van der Waals surface area contributed by atoms with Crippen molar-refractivity contribution < 1.29 is 9.66 Å². The first kappa shape index (κ1) is 10.9. The van der Waals surface area contributed by atoms with E-state index < -0.39 is 4.92 Å². The van der Waals surface area contributed by atoms with Gasteiger partial charge >= 0.3 is 5.69 Å². The van der Waals surface area contributed by atoms with Crippen molar-refractivity contribution in [1.82, 2.24) is 0 Å². The molecule has 0 unspecified atom stereocenters. The first-order valence-electron chi connectivity index (χ1n) is 5.31. The molecular formula is C11H14N2O3. The van der Waals surface area contributed by atoms with Gasteiger partial charge in [-0.25, -0.2) is 0 Å². The molecule has 0 radical (unpaired) electrons. The number of ether oxygens (including phenoxy) is 1. The molecule has 0 bridgehead atoms. The van der Waals surface area contributed by atoms with Crippen molar-refractivity contribution in [3.05, 3.63) is 34.4 Å². The molecule has 1 fully saturated rings. The van der Waals surface area contributed by atoms with Crippen LogP contribution < -0.4 is 10.5 Å². The highest BCUT2D eigenvalue weighted by atomic mass is 16.6. The molecule has 0 spiro atoms. The fourth-order valence-corrected chi connectivity index (χ4v) is 1.85. The molecule has 0 heterocycles. The van der Waals surface area contributed by atoms with Gasteiger partial charge in [0.15, 0.2) is 5.75 Å². The molecule has 0 aliphatic heterocycles. The lowest BCUT2D eigenvalue weighted by molar-refractivity contribution is -0.386. The van der Waals surface area contributed by atoms with Crippen LogP contribution in [-0.4, -0.2) is 17.6 Å². The van der Waals surface area contributed by atoms with Gasteiger partial charge in [-0.3, -0.25) is 10.1 Å². The topological polar surface area (TPSA) is 78.4 Å². The fourth-order valence-electron chi connectivity index (χ4n) is 1.85. The van der Waals surface area contributed by atoms with Crippen molar-refractivity contribution in [3.63, 3.8) is 0 Å². The molecule has 0 amide bonds. The van der Waals surface area contributed by atoms with Crippen LogP contribution in [0.2, 0.25) is 0 Å². The van der Waals surface area contributed by atoms with E-state index in [1.54, 1.807) is 18.2 Å². The highest BCUT2D eigenvalue weighted by molar-refractivity contribution is 5.45. The summed E-state index contributed by atoms with van der Waals surface area (Å²) in [4.78, 5) is 10.3. The SMILES string of the molecule is NCC1CC(Oc2ccccc2[N+](=O)[O-])C1. The van der Waals surface area contributed by atoms with Crippen LogP contribution in [0, 0.1) is 16.0 Å². The van der Waals surface area contributed by atoms with E-state index in [0.717, 1.165) is 12.8 Å². The summed E-state index contributed by atoms with van der Waals surface area (Å²) in [6.45, 7) is 0.663. The summed E-state index contributed by atoms with van der Waals surface area (Å²) in [6.07, 6.45) is 1.86. The molecule has 5 heteroatoms. The lowest BCUT2D eigenvalue weighted by Crippen LogP contribution is -2.37. The van der Waals surface area contributed by atoms with Crippen LogP contribution in [0.15, 0.2) is 24.3 Å². The summed E-state index contributed by atoms with van der Waals surface area (Å²) in [7, 11) is 0. The Kier molecular flexibility index (Phi) is 3.05. The van der Waals surface area contributed by atoms with Crippen LogP contribution in [0.1, 0.15) is 12.8 Å². The Morgan fingerprint density at radius 3 is 2.75 bits per heavy atom. The van der Waals surface area contributed by atoms with Gasteiger partial charge < -0.3 is 10.5 Å². The number of rotatable bonds is 4. The summed E-state index contributed by atoms with van der Waals surface area (Å²) in [5, 5.41) is 10.7. The van der Waals surface area contributed by atoms with Gasteiger partial charge in [-0.05, 0) is 31.4 Å². The molecule has 2 N–H and O–H groups in total. The molecule has 1 aromatic rings. The summed E-state index contributed by atoms with van der Waals surface area (Å²) in [6, 6.07) is 6.46. The fraction of sp³-hybridized carbons (Fsp3) is 0.455. The smallest absolute Gasteiger partial charge is 0.310 e. The summed E-state index contributed by atoms with van der Waals surface area (Å²) >= 11 is 0. The van der Waals surface area contributed by atoms with Gasteiger partial charge in [0.2, 0.25) is 0 Å². The predicted octanol–water partition coefficient (Wildman–Crippen LogP) is 1.71. The van der Waals surface area contributed by atoms with Gasteiger partial charge in [0.05, 0.1) is 11.0 Å². The zero-order chi connectivity index (χ0) is 11.5. The first-order chi connectivity index (χ1) is 7.70. The Morgan fingerprint density at radius 2 is 2.12 bits per heavy atom. The van der Waals surface area contributed by atoms with E-state index in [9.17, 15) is 10.1 Å². The number of para-hydroxylation sites is 2. The van der Waals surface area contributed by atoms with Crippen LogP contribution in [-0.2, 0) is 0 Å². The zero-order valence-electron chi connectivity index (χ0n) is 8.83. The Bertz CT molecular complexity index is 389. The van der Waals surface area contributed by atoms with E-state index in [0.29, 0.717) is 18.2 Å². The molecule has 1 aromatic carbocycles. The number of nitro benzene ring substituents is 1. The molecule has 16 heavy (non-hydrogen) atoms. The molecule has 2 rings (SSSR count). The number of benzene rings is 1.